The third-order valence-corrected chi connectivity index (χ3v) is 5.53. The fraction of sp³-hybridized carbons (Fsp3) is 0.214. The van der Waals surface area contributed by atoms with Crippen LogP contribution in [0.25, 0.3) is 0 Å². The smallest absolute Gasteiger partial charge is 0.349 e. The Morgan fingerprint density at radius 3 is 2.70 bits per heavy atom. The number of carbonyl (C=O) groups is 1. The molecular weight excluding hydrogens is 342 g/mol. The normalized spacial score (nSPS) is 13.4. The van der Waals surface area contributed by atoms with E-state index in [1.54, 1.807) is 12.1 Å². The summed E-state index contributed by atoms with van der Waals surface area (Å²) in [5.74, 6) is 0.336. The highest BCUT2D eigenvalue weighted by molar-refractivity contribution is 7.93. The molecule has 9 heteroatoms. The van der Waals surface area contributed by atoms with E-state index in [0.29, 0.717) is 30.4 Å². The monoisotopic (exact) mass is 355 g/mol. The molecule has 3 rings (SSSR count). The van der Waals surface area contributed by atoms with Gasteiger partial charge in [0.25, 0.3) is 10.0 Å². The van der Waals surface area contributed by atoms with Crippen LogP contribution in [0.2, 0.25) is 0 Å². The van der Waals surface area contributed by atoms with E-state index in [0.717, 1.165) is 11.3 Å². The Labute approximate surface area is 136 Å². The van der Waals surface area contributed by atoms with Crippen molar-refractivity contribution in [2.45, 2.75) is 4.90 Å². The second-order valence-corrected chi connectivity index (χ2v) is 7.14. The number of hydrogen-bond acceptors (Lipinski definition) is 7. The lowest BCUT2D eigenvalue weighted by Crippen LogP contribution is -2.17. The number of carbonyl (C=O) groups excluding carboxylic acids is 1. The first-order chi connectivity index (χ1) is 11.0. The Morgan fingerprint density at radius 2 is 1.96 bits per heavy atom. The van der Waals surface area contributed by atoms with E-state index in [4.69, 9.17) is 9.47 Å². The number of rotatable bonds is 4. The van der Waals surface area contributed by atoms with E-state index < -0.39 is 16.0 Å². The SMILES string of the molecule is COC(=O)c1sccc1S(=O)(=O)Nc1ccc2c(c1)OCCO2. The molecule has 0 radical (unpaired) electrons. The van der Waals surface area contributed by atoms with Gasteiger partial charge in [-0.2, -0.15) is 0 Å². The zero-order valence-electron chi connectivity index (χ0n) is 12.1. The van der Waals surface area contributed by atoms with Gasteiger partial charge >= 0.3 is 5.97 Å². The highest BCUT2D eigenvalue weighted by Gasteiger charge is 2.25. The summed E-state index contributed by atoms with van der Waals surface area (Å²) in [6.07, 6.45) is 0. The predicted molar refractivity (Wildman–Crippen MR) is 83.9 cm³/mol. The van der Waals surface area contributed by atoms with Gasteiger partial charge in [0.2, 0.25) is 0 Å². The number of nitrogens with one attached hydrogen (secondary N) is 1. The Bertz CT molecular complexity index is 843. The first-order valence-corrected chi connectivity index (χ1v) is 8.96. The molecule has 1 N–H and O–H groups in total. The lowest BCUT2D eigenvalue weighted by Gasteiger charge is -2.19. The summed E-state index contributed by atoms with van der Waals surface area (Å²) in [6.45, 7) is 0.857. The Kier molecular flexibility index (Phi) is 4.14. The summed E-state index contributed by atoms with van der Waals surface area (Å²) >= 11 is 1.00. The number of esters is 1. The maximum absolute atomic E-state index is 12.5. The zero-order chi connectivity index (χ0) is 16.4. The van der Waals surface area contributed by atoms with Gasteiger partial charge in [-0.05, 0) is 23.6 Å². The van der Waals surface area contributed by atoms with Gasteiger partial charge in [-0.15, -0.1) is 11.3 Å². The molecule has 23 heavy (non-hydrogen) atoms. The van der Waals surface area contributed by atoms with Crippen LogP contribution >= 0.6 is 11.3 Å². The van der Waals surface area contributed by atoms with Crippen LogP contribution in [0, 0.1) is 0 Å². The molecule has 1 aromatic carbocycles. The maximum atomic E-state index is 12.5. The second-order valence-electron chi connectivity index (χ2n) is 4.57. The fourth-order valence-corrected chi connectivity index (χ4v) is 4.45. The maximum Gasteiger partial charge on any atom is 0.349 e. The van der Waals surface area contributed by atoms with Crippen LogP contribution < -0.4 is 14.2 Å². The average molecular weight is 355 g/mol. The Balaban J connectivity index is 1.90. The second kappa shape index (κ2) is 6.09. The first-order valence-electron chi connectivity index (χ1n) is 6.59. The van der Waals surface area contributed by atoms with Gasteiger partial charge in [0, 0.05) is 6.07 Å². The fourth-order valence-electron chi connectivity index (χ4n) is 2.07. The van der Waals surface area contributed by atoms with Crippen LogP contribution in [0.4, 0.5) is 5.69 Å². The van der Waals surface area contributed by atoms with E-state index in [-0.39, 0.29) is 9.77 Å². The Morgan fingerprint density at radius 1 is 1.22 bits per heavy atom. The number of ether oxygens (including phenoxy) is 3. The van der Waals surface area contributed by atoms with Crippen LogP contribution in [0.15, 0.2) is 34.5 Å². The number of methoxy groups -OCH3 is 1. The van der Waals surface area contributed by atoms with Gasteiger partial charge in [0.05, 0.1) is 12.8 Å². The van der Waals surface area contributed by atoms with Crippen molar-refractivity contribution in [2.24, 2.45) is 0 Å². The summed E-state index contributed by atoms with van der Waals surface area (Å²) in [7, 11) is -2.72. The number of fused-ring (bicyclic) bond motifs is 1. The Hall–Kier alpha value is -2.26. The average Bonchev–Trinajstić information content (AvgIpc) is 3.04. The van der Waals surface area contributed by atoms with Crippen molar-refractivity contribution in [2.75, 3.05) is 25.0 Å². The lowest BCUT2D eigenvalue weighted by atomic mass is 10.3. The van der Waals surface area contributed by atoms with Gasteiger partial charge < -0.3 is 14.2 Å². The van der Waals surface area contributed by atoms with E-state index in [2.05, 4.69) is 9.46 Å². The summed E-state index contributed by atoms with van der Waals surface area (Å²) in [4.78, 5) is 11.5. The van der Waals surface area contributed by atoms with Crippen molar-refractivity contribution in [3.05, 3.63) is 34.5 Å². The molecule has 2 aromatic rings. The lowest BCUT2D eigenvalue weighted by molar-refractivity contribution is 0.0602. The third-order valence-electron chi connectivity index (χ3n) is 3.08. The number of benzene rings is 1. The molecule has 0 unspecified atom stereocenters. The standard InChI is InChI=1S/C14H13NO6S2/c1-19-14(16)13-12(4-7-22-13)23(17,18)15-9-2-3-10-11(8-9)21-6-5-20-10/h2-4,7-8,15H,5-6H2,1H3. The number of hydrogen-bond donors (Lipinski definition) is 1. The molecule has 0 atom stereocenters. The van der Waals surface area contributed by atoms with Gasteiger partial charge in [-0.3, -0.25) is 4.72 Å². The van der Waals surface area contributed by atoms with E-state index >= 15 is 0 Å². The predicted octanol–water partition coefficient (Wildman–Crippen LogP) is 2.11. The van der Waals surface area contributed by atoms with E-state index in [9.17, 15) is 13.2 Å². The highest BCUT2D eigenvalue weighted by atomic mass is 32.2. The molecule has 0 saturated heterocycles. The molecule has 122 valence electrons. The van der Waals surface area contributed by atoms with Crippen molar-refractivity contribution in [1.82, 2.24) is 0 Å². The number of anilines is 1. The van der Waals surface area contributed by atoms with Crippen LogP contribution in [-0.2, 0) is 14.8 Å². The molecule has 1 aromatic heterocycles. The molecule has 7 nitrogen and oxygen atoms in total. The van der Waals surface area contributed by atoms with Gasteiger partial charge in [-0.25, -0.2) is 13.2 Å². The van der Waals surface area contributed by atoms with Gasteiger partial charge in [0.1, 0.15) is 23.0 Å². The molecule has 1 aliphatic rings. The first kappa shape index (κ1) is 15.6. The minimum Gasteiger partial charge on any atom is -0.486 e. The minimum absolute atomic E-state index is 0.0255. The summed E-state index contributed by atoms with van der Waals surface area (Å²) < 4.78 is 42.8. The van der Waals surface area contributed by atoms with Gasteiger partial charge in [-0.1, -0.05) is 0 Å². The van der Waals surface area contributed by atoms with Crippen molar-refractivity contribution in [1.29, 1.82) is 0 Å². The summed E-state index contributed by atoms with van der Waals surface area (Å²) in [5, 5.41) is 1.52. The number of sulfonamides is 1. The topological polar surface area (TPSA) is 90.9 Å². The highest BCUT2D eigenvalue weighted by Crippen LogP contribution is 2.34. The van der Waals surface area contributed by atoms with Crippen LogP contribution in [-0.4, -0.2) is 34.7 Å². The van der Waals surface area contributed by atoms with Gasteiger partial charge in [0.15, 0.2) is 11.5 Å². The minimum atomic E-state index is -3.92. The van der Waals surface area contributed by atoms with Crippen molar-refractivity contribution in [3.8, 4) is 11.5 Å². The molecule has 2 heterocycles. The summed E-state index contributed by atoms with van der Waals surface area (Å²) in [6, 6.07) is 6.09. The molecule has 0 spiro atoms. The summed E-state index contributed by atoms with van der Waals surface area (Å²) in [5.41, 5.74) is 0.316. The van der Waals surface area contributed by atoms with E-state index in [1.165, 1.54) is 24.6 Å². The van der Waals surface area contributed by atoms with Crippen LogP contribution in [0.3, 0.4) is 0 Å². The van der Waals surface area contributed by atoms with Crippen LogP contribution in [0.5, 0.6) is 11.5 Å². The number of thiophene rings is 1. The largest absolute Gasteiger partial charge is 0.486 e. The van der Waals surface area contributed by atoms with Crippen molar-refractivity contribution >= 4 is 33.0 Å². The quantitative estimate of drug-likeness (QED) is 0.845. The zero-order valence-corrected chi connectivity index (χ0v) is 13.7. The molecule has 0 fully saturated rings. The molecule has 0 bridgehead atoms. The molecular formula is C14H13NO6S2. The van der Waals surface area contributed by atoms with Crippen LogP contribution in [0.1, 0.15) is 9.67 Å². The molecule has 1 aliphatic heterocycles. The van der Waals surface area contributed by atoms with Crippen molar-refractivity contribution < 1.29 is 27.4 Å². The van der Waals surface area contributed by atoms with E-state index in [1.807, 2.05) is 0 Å². The molecule has 0 aliphatic carbocycles. The molecule has 0 saturated carbocycles. The van der Waals surface area contributed by atoms with Crippen molar-refractivity contribution in [3.63, 3.8) is 0 Å². The molecule has 0 amide bonds. The third kappa shape index (κ3) is 3.10.